The van der Waals surface area contributed by atoms with Gasteiger partial charge >= 0.3 is 0 Å². The second-order valence-corrected chi connectivity index (χ2v) is 5.24. The van der Waals surface area contributed by atoms with Gasteiger partial charge in [0.1, 0.15) is 12.2 Å². The largest absolute Gasteiger partial charge is 0.497 e. The molecule has 0 aliphatic rings. The molecule has 2 aromatic carbocycles. The Kier molecular flexibility index (Phi) is 6.33. The molecule has 0 aliphatic heterocycles. The zero-order valence-corrected chi connectivity index (χ0v) is 13.7. The van der Waals surface area contributed by atoms with Crippen molar-refractivity contribution in [3.63, 3.8) is 0 Å². The zero-order chi connectivity index (χ0) is 17.4. The summed E-state index contributed by atoms with van der Waals surface area (Å²) in [5.74, 6) is -0.234. The van der Waals surface area contributed by atoms with Crippen LogP contribution < -0.4 is 15.5 Å². The highest BCUT2D eigenvalue weighted by Gasteiger charge is 2.09. The highest BCUT2D eigenvalue weighted by molar-refractivity contribution is 6.30. The standard InChI is InChI=1S/C17H16ClN3O3/c1-24-15-7-5-12(6-8-15)11-19-21-17(23)10-16(22)20-14-4-2-3-13(18)9-14/h2-9,11H,10H2,1H3,(H,20,22)(H,21,23). The first-order valence-corrected chi connectivity index (χ1v) is 7.46. The highest BCUT2D eigenvalue weighted by atomic mass is 35.5. The van der Waals surface area contributed by atoms with Gasteiger partial charge in [0.15, 0.2) is 0 Å². The molecule has 2 rings (SSSR count). The Hall–Kier alpha value is -2.86. The molecule has 0 saturated carbocycles. The summed E-state index contributed by atoms with van der Waals surface area (Å²) >= 11 is 5.82. The van der Waals surface area contributed by atoms with Crippen LogP contribution in [0.4, 0.5) is 5.69 Å². The first-order chi connectivity index (χ1) is 11.6. The quantitative estimate of drug-likeness (QED) is 0.480. The smallest absolute Gasteiger partial charge is 0.249 e. The minimum atomic E-state index is -0.515. The van der Waals surface area contributed by atoms with Gasteiger partial charge in [-0.25, -0.2) is 5.43 Å². The Balaban J connectivity index is 1.79. The monoisotopic (exact) mass is 345 g/mol. The van der Waals surface area contributed by atoms with Crippen LogP contribution in [0.25, 0.3) is 0 Å². The predicted molar refractivity (Wildman–Crippen MR) is 93.4 cm³/mol. The van der Waals surface area contributed by atoms with E-state index in [0.717, 1.165) is 11.3 Å². The molecule has 0 atom stereocenters. The van der Waals surface area contributed by atoms with Crippen molar-refractivity contribution in [1.82, 2.24) is 5.43 Å². The van der Waals surface area contributed by atoms with Gasteiger partial charge in [-0.2, -0.15) is 5.10 Å². The fourth-order valence-electron chi connectivity index (χ4n) is 1.83. The van der Waals surface area contributed by atoms with E-state index in [9.17, 15) is 9.59 Å². The second kappa shape index (κ2) is 8.69. The number of nitrogens with one attached hydrogen (secondary N) is 2. The molecular weight excluding hydrogens is 330 g/mol. The van der Waals surface area contributed by atoms with Gasteiger partial charge in [-0.05, 0) is 48.0 Å². The molecule has 124 valence electrons. The molecule has 7 heteroatoms. The van der Waals surface area contributed by atoms with Gasteiger partial charge in [0.05, 0.1) is 13.3 Å². The number of methoxy groups -OCH3 is 1. The van der Waals surface area contributed by atoms with Crippen molar-refractivity contribution in [2.45, 2.75) is 6.42 Å². The second-order valence-electron chi connectivity index (χ2n) is 4.80. The normalized spacial score (nSPS) is 10.4. The van der Waals surface area contributed by atoms with Crippen molar-refractivity contribution in [3.8, 4) is 5.75 Å². The molecule has 0 aromatic heterocycles. The number of carbonyl (C=O) groups excluding carboxylic acids is 2. The Morgan fingerprint density at radius 1 is 1.17 bits per heavy atom. The summed E-state index contributed by atoms with van der Waals surface area (Å²) in [6.07, 6.45) is 1.14. The van der Waals surface area contributed by atoms with E-state index >= 15 is 0 Å². The van der Waals surface area contributed by atoms with Crippen molar-refractivity contribution in [2.75, 3.05) is 12.4 Å². The van der Waals surface area contributed by atoms with E-state index in [2.05, 4.69) is 15.8 Å². The van der Waals surface area contributed by atoms with Gasteiger partial charge in [0.2, 0.25) is 11.8 Å². The molecule has 0 fully saturated rings. The number of hydrogen-bond donors (Lipinski definition) is 2. The molecule has 2 amide bonds. The SMILES string of the molecule is COc1ccc(C=NNC(=O)CC(=O)Nc2cccc(Cl)c2)cc1. The lowest BCUT2D eigenvalue weighted by molar-refractivity contribution is -0.126. The summed E-state index contributed by atoms with van der Waals surface area (Å²) < 4.78 is 5.04. The van der Waals surface area contributed by atoms with Crippen LogP contribution in [0.15, 0.2) is 53.6 Å². The number of anilines is 1. The van der Waals surface area contributed by atoms with E-state index < -0.39 is 11.8 Å². The third kappa shape index (κ3) is 5.73. The van der Waals surface area contributed by atoms with Crippen LogP contribution in [0, 0.1) is 0 Å². The van der Waals surface area contributed by atoms with Crippen LogP contribution in [0.5, 0.6) is 5.75 Å². The van der Waals surface area contributed by atoms with E-state index in [1.165, 1.54) is 6.21 Å². The lowest BCUT2D eigenvalue weighted by Crippen LogP contribution is -2.24. The van der Waals surface area contributed by atoms with Gasteiger partial charge in [-0.3, -0.25) is 9.59 Å². The zero-order valence-electron chi connectivity index (χ0n) is 13.0. The number of benzene rings is 2. The molecule has 0 radical (unpaired) electrons. The van der Waals surface area contributed by atoms with E-state index in [4.69, 9.17) is 16.3 Å². The van der Waals surface area contributed by atoms with E-state index in [-0.39, 0.29) is 6.42 Å². The first kappa shape index (κ1) is 17.5. The minimum Gasteiger partial charge on any atom is -0.497 e. The van der Waals surface area contributed by atoms with E-state index in [0.29, 0.717) is 10.7 Å². The first-order valence-electron chi connectivity index (χ1n) is 7.08. The molecule has 24 heavy (non-hydrogen) atoms. The van der Waals surface area contributed by atoms with Crippen LogP contribution >= 0.6 is 11.6 Å². The topological polar surface area (TPSA) is 79.8 Å². The maximum Gasteiger partial charge on any atom is 0.249 e. The molecule has 6 nitrogen and oxygen atoms in total. The molecular formula is C17H16ClN3O3. The number of ether oxygens (including phenoxy) is 1. The summed E-state index contributed by atoms with van der Waals surface area (Å²) in [7, 11) is 1.58. The van der Waals surface area contributed by atoms with Crippen LogP contribution in [-0.4, -0.2) is 25.1 Å². The number of rotatable bonds is 6. The highest BCUT2D eigenvalue weighted by Crippen LogP contribution is 2.15. The summed E-state index contributed by atoms with van der Waals surface area (Å²) in [4.78, 5) is 23.4. The van der Waals surface area contributed by atoms with Gasteiger partial charge < -0.3 is 10.1 Å². The van der Waals surface area contributed by atoms with Crippen molar-refractivity contribution < 1.29 is 14.3 Å². The van der Waals surface area contributed by atoms with Gasteiger partial charge in [0.25, 0.3) is 0 Å². The maximum atomic E-state index is 11.8. The van der Waals surface area contributed by atoms with Crippen molar-refractivity contribution >= 4 is 35.3 Å². The number of amides is 2. The molecule has 0 heterocycles. The van der Waals surface area contributed by atoms with E-state index in [1.54, 1.807) is 55.6 Å². The molecule has 0 unspecified atom stereocenters. The number of hydrazone groups is 1. The maximum absolute atomic E-state index is 11.8. The predicted octanol–water partition coefficient (Wildman–Crippen LogP) is 2.83. The Morgan fingerprint density at radius 2 is 1.92 bits per heavy atom. The summed E-state index contributed by atoms with van der Waals surface area (Å²) in [5, 5.41) is 6.89. The molecule has 0 spiro atoms. The number of halogens is 1. The summed E-state index contributed by atoms with van der Waals surface area (Å²) in [5.41, 5.74) is 3.62. The van der Waals surface area contributed by atoms with Gasteiger partial charge in [0, 0.05) is 10.7 Å². The molecule has 2 aromatic rings. The number of carbonyl (C=O) groups is 2. The Bertz CT molecular complexity index is 745. The minimum absolute atomic E-state index is 0.341. The van der Waals surface area contributed by atoms with Crippen LogP contribution in [0.3, 0.4) is 0 Å². The Labute approximate surface area is 144 Å². The molecule has 0 aliphatic carbocycles. The molecule has 0 bridgehead atoms. The van der Waals surface area contributed by atoms with Gasteiger partial charge in [-0.15, -0.1) is 0 Å². The average Bonchev–Trinajstić information content (AvgIpc) is 2.55. The van der Waals surface area contributed by atoms with Crippen LogP contribution in [0.2, 0.25) is 5.02 Å². The summed E-state index contributed by atoms with van der Waals surface area (Å²) in [6, 6.07) is 13.8. The van der Waals surface area contributed by atoms with Crippen LogP contribution in [0.1, 0.15) is 12.0 Å². The molecule has 2 N–H and O–H groups in total. The number of nitrogens with zero attached hydrogens (tertiary/aromatic N) is 1. The number of hydrogen-bond acceptors (Lipinski definition) is 4. The fraction of sp³-hybridized carbons (Fsp3) is 0.118. The van der Waals surface area contributed by atoms with Crippen molar-refractivity contribution in [1.29, 1.82) is 0 Å². The van der Waals surface area contributed by atoms with Crippen molar-refractivity contribution in [2.24, 2.45) is 5.10 Å². The van der Waals surface area contributed by atoms with Gasteiger partial charge in [-0.1, -0.05) is 17.7 Å². The lowest BCUT2D eigenvalue weighted by Gasteiger charge is -2.04. The van der Waals surface area contributed by atoms with Crippen molar-refractivity contribution in [3.05, 3.63) is 59.1 Å². The third-order valence-electron chi connectivity index (χ3n) is 2.95. The van der Waals surface area contributed by atoms with E-state index in [1.807, 2.05) is 0 Å². The fourth-order valence-corrected chi connectivity index (χ4v) is 2.02. The third-order valence-corrected chi connectivity index (χ3v) is 3.18. The lowest BCUT2D eigenvalue weighted by atomic mass is 10.2. The average molecular weight is 346 g/mol. The summed E-state index contributed by atoms with van der Waals surface area (Å²) in [6.45, 7) is 0. The Morgan fingerprint density at radius 3 is 2.58 bits per heavy atom. The molecule has 0 saturated heterocycles. The van der Waals surface area contributed by atoms with Crippen LogP contribution in [-0.2, 0) is 9.59 Å².